The van der Waals surface area contributed by atoms with Gasteiger partial charge in [-0.05, 0) is 48.6 Å². The highest BCUT2D eigenvalue weighted by Crippen LogP contribution is 2.28. The molecule has 1 aromatic heterocycles. The van der Waals surface area contributed by atoms with Gasteiger partial charge in [-0.3, -0.25) is 0 Å². The maximum atomic E-state index is 4.18. The van der Waals surface area contributed by atoms with Crippen LogP contribution in [-0.2, 0) is 6.54 Å². The molecule has 0 radical (unpaired) electrons. The van der Waals surface area contributed by atoms with Crippen molar-refractivity contribution >= 4 is 0 Å². The average Bonchev–Trinajstić information content (AvgIpc) is 3.07. The zero-order chi connectivity index (χ0) is 14.4. The second kappa shape index (κ2) is 7.72. The van der Waals surface area contributed by atoms with Gasteiger partial charge in [0.05, 0.1) is 6.04 Å². The van der Waals surface area contributed by atoms with Crippen molar-refractivity contribution in [3.63, 3.8) is 0 Å². The predicted octanol–water partition coefficient (Wildman–Crippen LogP) is 2.95. The summed E-state index contributed by atoms with van der Waals surface area (Å²) in [4.78, 5) is 0. The summed E-state index contributed by atoms with van der Waals surface area (Å²) < 4.78 is 1.98. The second-order valence-electron chi connectivity index (χ2n) is 6.58. The minimum Gasteiger partial charge on any atom is -0.307 e. The molecular formula is C15H29N5. The molecule has 0 saturated heterocycles. The van der Waals surface area contributed by atoms with Crippen molar-refractivity contribution < 1.29 is 0 Å². The highest BCUT2D eigenvalue weighted by Gasteiger charge is 2.17. The van der Waals surface area contributed by atoms with E-state index in [1.165, 1.54) is 38.5 Å². The highest BCUT2D eigenvalue weighted by atomic mass is 15.5. The Labute approximate surface area is 122 Å². The Kier molecular flexibility index (Phi) is 5.95. The largest absolute Gasteiger partial charge is 0.307 e. The van der Waals surface area contributed by atoms with E-state index in [0.717, 1.165) is 24.8 Å². The molecule has 0 aliphatic heterocycles. The zero-order valence-corrected chi connectivity index (χ0v) is 13.2. The van der Waals surface area contributed by atoms with Crippen LogP contribution in [0.15, 0.2) is 0 Å². The Balaban J connectivity index is 1.78. The van der Waals surface area contributed by atoms with Crippen LogP contribution in [0.5, 0.6) is 0 Å². The molecule has 5 nitrogen and oxygen atoms in total. The zero-order valence-electron chi connectivity index (χ0n) is 13.2. The molecule has 1 fully saturated rings. The lowest BCUT2D eigenvalue weighted by atomic mass is 10.0. The van der Waals surface area contributed by atoms with Crippen LogP contribution in [0.1, 0.15) is 71.2 Å². The monoisotopic (exact) mass is 279 g/mol. The van der Waals surface area contributed by atoms with Gasteiger partial charge in [0.1, 0.15) is 0 Å². The van der Waals surface area contributed by atoms with Gasteiger partial charge in [-0.15, -0.1) is 5.10 Å². The van der Waals surface area contributed by atoms with Crippen LogP contribution in [0.2, 0.25) is 0 Å². The molecule has 1 aliphatic carbocycles. The Morgan fingerprint density at radius 3 is 2.70 bits per heavy atom. The fourth-order valence-corrected chi connectivity index (χ4v) is 3.01. The van der Waals surface area contributed by atoms with E-state index in [-0.39, 0.29) is 6.04 Å². The van der Waals surface area contributed by atoms with E-state index >= 15 is 0 Å². The molecule has 1 unspecified atom stereocenters. The SMILES string of the molecule is CC(C)CNC(C)c1nnnn1CCCC1CCCC1. The van der Waals surface area contributed by atoms with Crippen LogP contribution < -0.4 is 5.32 Å². The molecule has 1 aliphatic rings. The number of nitrogens with zero attached hydrogens (tertiary/aromatic N) is 4. The summed E-state index contributed by atoms with van der Waals surface area (Å²) in [5.41, 5.74) is 0. The lowest BCUT2D eigenvalue weighted by Crippen LogP contribution is -2.26. The number of nitrogens with one attached hydrogen (secondary N) is 1. The molecule has 1 aromatic rings. The molecule has 20 heavy (non-hydrogen) atoms. The van der Waals surface area contributed by atoms with Crippen LogP contribution in [-0.4, -0.2) is 26.8 Å². The fraction of sp³-hybridized carbons (Fsp3) is 0.933. The Hall–Kier alpha value is -0.970. The van der Waals surface area contributed by atoms with E-state index in [4.69, 9.17) is 0 Å². The first-order valence-corrected chi connectivity index (χ1v) is 8.16. The molecule has 1 N–H and O–H groups in total. The third-order valence-electron chi connectivity index (χ3n) is 4.24. The molecule has 0 spiro atoms. The van der Waals surface area contributed by atoms with Crippen LogP contribution in [0.4, 0.5) is 0 Å². The second-order valence-corrected chi connectivity index (χ2v) is 6.58. The van der Waals surface area contributed by atoms with Gasteiger partial charge >= 0.3 is 0 Å². The van der Waals surface area contributed by atoms with Crippen molar-refractivity contribution in [3.8, 4) is 0 Å². The molecule has 0 bridgehead atoms. The topological polar surface area (TPSA) is 55.6 Å². The molecular weight excluding hydrogens is 250 g/mol. The number of rotatable bonds is 8. The molecule has 114 valence electrons. The Bertz CT molecular complexity index is 381. The third kappa shape index (κ3) is 4.54. The van der Waals surface area contributed by atoms with Gasteiger partial charge in [-0.1, -0.05) is 39.5 Å². The summed E-state index contributed by atoms with van der Waals surface area (Å²) in [5.74, 6) is 2.56. The highest BCUT2D eigenvalue weighted by molar-refractivity contribution is 4.89. The van der Waals surface area contributed by atoms with Crippen molar-refractivity contribution in [1.29, 1.82) is 0 Å². The van der Waals surface area contributed by atoms with Gasteiger partial charge in [0.25, 0.3) is 0 Å². The normalized spacial score (nSPS) is 18.0. The minimum atomic E-state index is 0.221. The molecule has 2 rings (SSSR count). The lowest BCUT2D eigenvalue weighted by molar-refractivity contribution is 0.416. The molecule has 0 aromatic carbocycles. The summed E-state index contributed by atoms with van der Waals surface area (Å²) in [6.07, 6.45) is 8.23. The molecule has 1 saturated carbocycles. The van der Waals surface area contributed by atoms with E-state index in [9.17, 15) is 0 Å². The van der Waals surface area contributed by atoms with E-state index in [0.29, 0.717) is 5.92 Å². The van der Waals surface area contributed by atoms with E-state index in [1.54, 1.807) is 0 Å². The number of aryl methyl sites for hydroxylation is 1. The maximum Gasteiger partial charge on any atom is 0.167 e. The van der Waals surface area contributed by atoms with E-state index in [2.05, 4.69) is 41.6 Å². The van der Waals surface area contributed by atoms with Gasteiger partial charge in [-0.25, -0.2) is 4.68 Å². The minimum absolute atomic E-state index is 0.221. The summed E-state index contributed by atoms with van der Waals surface area (Å²) in [6.45, 7) is 8.51. The van der Waals surface area contributed by atoms with Gasteiger partial charge < -0.3 is 5.32 Å². The van der Waals surface area contributed by atoms with E-state index in [1.807, 2.05) is 4.68 Å². The van der Waals surface area contributed by atoms with Crippen molar-refractivity contribution in [3.05, 3.63) is 5.82 Å². The van der Waals surface area contributed by atoms with Crippen molar-refractivity contribution in [2.45, 2.75) is 71.9 Å². The first-order valence-electron chi connectivity index (χ1n) is 8.16. The number of hydrogen-bond acceptors (Lipinski definition) is 4. The molecule has 1 atom stereocenters. The van der Waals surface area contributed by atoms with Crippen molar-refractivity contribution in [2.24, 2.45) is 11.8 Å². The van der Waals surface area contributed by atoms with Gasteiger partial charge in [0.15, 0.2) is 5.82 Å². The Morgan fingerprint density at radius 2 is 2.00 bits per heavy atom. The summed E-state index contributed by atoms with van der Waals surface area (Å²) in [7, 11) is 0. The number of hydrogen-bond donors (Lipinski definition) is 1. The van der Waals surface area contributed by atoms with Crippen molar-refractivity contribution in [1.82, 2.24) is 25.5 Å². The van der Waals surface area contributed by atoms with Gasteiger partial charge in [-0.2, -0.15) is 0 Å². The van der Waals surface area contributed by atoms with Crippen LogP contribution in [0.3, 0.4) is 0 Å². The summed E-state index contributed by atoms with van der Waals surface area (Å²) in [5, 5.41) is 15.7. The van der Waals surface area contributed by atoms with Gasteiger partial charge in [0, 0.05) is 6.54 Å². The van der Waals surface area contributed by atoms with E-state index < -0.39 is 0 Å². The maximum absolute atomic E-state index is 4.18. The molecule has 0 amide bonds. The van der Waals surface area contributed by atoms with Crippen molar-refractivity contribution in [2.75, 3.05) is 6.54 Å². The third-order valence-corrected chi connectivity index (χ3v) is 4.24. The first-order chi connectivity index (χ1) is 9.66. The first kappa shape index (κ1) is 15.4. The predicted molar refractivity (Wildman–Crippen MR) is 80.3 cm³/mol. The lowest BCUT2D eigenvalue weighted by Gasteiger charge is -2.15. The summed E-state index contributed by atoms with van der Waals surface area (Å²) in [6, 6.07) is 0.221. The molecule has 5 heteroatoms. The fourth-order valence-electron chi connectivity index (χ4n) is 3.01. The molecule has 1 heterocycles. The number of tetrazole rings is 1. The van der Waals surface area contributed by atoms with Crippen LogP contribution >= 0.6 is 0 Å². The standard InChI is InChI=1S/C15H29N5/c1-12(2)11-16-13(3)15-17-18-19-20(15)10-6-9-14-7-4-5-8-14/h12-14,16H,4-11H2,1-3H3. The number of aromatic nitrogens is 4. The van der Waals surface area contributed by atoms with Crippen LogP contribution in [0.25, 0.3) is 0 Å². The van der Waals surface area contributed by atoms with Gasteiger partial charge in [0.2, 0.25) is 0 Å². The quantitative estimate of drug-likeness (QED) is 0.795. The average molecular weight is 279 g/mol. The smallest absolute Gasteiger partial charge is 0.167 e. The summed E-state index contributed by atoms with van der Waals surface area (Å²) >= 11 is 0. The van der Waals surface area contributed by atoms with Crippen LogP contribution in [0, 0.1) is 11.8 Å². The Morgan fingerprint density at radius 1 is 1.25 bits per heavy atom.